The number of nitrogens with zero attached hydrogens (tertiary/aromatic N) is 2. The summed E-state index contributed by atoms with van der Waals surface area (Å²) in [4.78, 5) is 13.3. The first-order chi connectivity index (χ1) is 15.2. The third kappa shape index (κ3) is 4.70. The number of fused-ring (bicyclic) bond motifs is 1. The molecule has 2 aromatic carbocycles. The van der Waals surface area contributed by atoms with Gasteiger partial charge in [-0.05, 0) is 59.5 Å². The van der Waals surface area contributed by atoms with Crippen LogP contribution < -0.4 is 10.1 Å². The third-order valence-electron chi connectivity index (χ3n) is 5.43. The van der Waals surface area contributed by atoms with Crippen LogP contribution in [0.25, 0.3) is 0 Å². The molecule has 156 valence electrons. The fourth-order valence-corrected chi connectivity index (χ4v) is 4.64. The lowest BCUT2D eigenvalue weighted by Crippen LogP contribution is -2.09. The predicted octanol–water partition coefficient (Wildman–Crippen LogP) is 5.31. The third-order valence-corrected chi connectivity index (χ3v) is 6.41. The normalized spacial score (nSPS) is 12.5. The molecule has 0 spiro atoms. The van der Waals surface area contributed by atoms with Crippen molar-refractivity contribution >= 4 is 22.9 Å². The molecule has 1 aliphatic carbocycles. The van der Waals surface area contributed by atoms with Crippen molar-refractivity contribution in [2.75, 3.05) is 5.32 Å². The molecule has 0 fully saturated rings. The molecule has 2 aromatic heterocycles. The van der Waals surface area contributed by atoms with Crippen molar-refractivity contribution in [3.05, 3.63) is 99.5 Å². The standard InChI is InChI=1S/C25H23N3O2S/c29-25(27-22-13-26-28(15-22)14-18-5-2-1-3-6-18)24-11-19(17-31-24)16-30-23-10-9-20-7-4-8-21(20)12-23/h1-3,5-6,9-13,15,17H,4,7-8,14,16H2,(H,27,29). The highest BCUT2D eigenvalue weighted by Crippen LogP contribution is 2.27. The van der Waals surface area contributed by atoms with E-state index in [4.69, 9.17) is 4.74 Å². The minimum atomic E-state index is -0.131. The summed E-state index contributed by atoms with van der Waals surface area (Å²) < 4.78 is 7.76. The van der Waals surface area contributed by atoms with Gasteiger partial charge in [-0.15, -0.1) is 11.3 Å². The van der Waals surface area contributed by atoms with E-state index in [2.05, 4.69) is 34.7 Å². The summed E-state index contributed by atoms with van der Waals surface area (Å²) in [6.07, 6.45) is 7.05. The van der Waals surface area contributed by atoms with Gasteiger partial charge in [-0.3, -0.25) is 9.48 Å². The van der Waals surface area contributed by atoms with Crippen molar-refractivity contribution in [3.63, 3.8) is 0 Å². The Hall–Kier alpha value is -3.38. The molecule has 0 saturated heterocycles. The van der Waals surface area contributed by atoms with Crippen molar-refractivity contribution in [2.45, 2.75) is 32.4 Å². The molecular formula is C25H23N3O2S. The molecule has 31 heavy (non-hydrogen) atoms. The number of nitrogens with one attached hydrogen (secondary N) is 1. The van der Waals surface area contributed by atoms with Crippen molar-refractivity contribution < 1.29 is 9.53 Å². The number of ether oxygens (including phenoxy) is 1. The number of hydrogen-bond acceptors (Lipinski definition) is 4. The Bertz CT molecular complexity index is 1200. The van der Waals surface area contributed by atoms with Crippen LogP contribution in [0, 0.1) is 0 Å². The number of thiophene rings is 1. The average Bonchev–Trinajstić information content (AvgIpc) is 3.54. The predicted molar refractivity (Wildman–Crippen MR) is 123 cm³/mol. The van der Waals surface area contributed by atoms with Crippen molar-refractivity contribution in [3.8, 4) is 5.75 Å². The first-order valence-corrected chi connectivity index (χ1v) is 11.3. The van der Waals surface area contributed by atoms with Crippen LogP contribution in [-0.4, -0.2) is 15.7 Å². The Morgan fingerprint density at radius 1 is 1.06 bits per heavy atom. The maximum absolute atomic E-state index is 12.6. The molecule has 0 radical (unpaired) electrons. The SMILES string of the molecule is O=C(Nc1cnn(Cc2ccccc2)c1)c1cc(COc2ccc3c(c2)CCC3)cs1. The number of carbonyl (C=O) groups excluding carboxylic acids is 1. The van der Waals surface area contributed by atoms with Gasteiger partial charge >= 0.3 is 0 Å². The Labute approximate surface area is 185 Å². The van der Waals surface area contributed by atoms with Crippen molar-refractivity contribution in [1.82, 2.24) is 9.78 Å². The van der Waals surface area contributed by atoms with Crippen LogP contribution in [0.1, 0.15) is 38.3 Å². The summed E-state index contributed by atoms with van der Waals surface area (Å²) >= 11 is 1.42. The lowest BCUT2D eigenvalue weighted by Gasteiger charge is -2.07. The van der Waals surface area contributed by atoms with Crippen LogP contribution in [-0.2, 0) is 26.0 Å². The second-order valence-corrected chi connectivity index (χ2v) is 8.67. The zero-order valence-electron chi connectivity index (χ0n) is 17.1. The lowest BCUT2D eigenvalue weighted by molar-refractivity contribution is 0.103. The van der Waals surface area contributed by atoms with E-state index in [-0.39, 0.29) is 5.91 Å². The van der Waals surface area contributed by atoms with E-state index >= 15 is 0 Å². The second kappa shape index (κ2) is 8.78. The summed E-state index contributed by atoms with van der Waals surface area (Å²) in [6.45, 7) is 1.12. The molecule has 1 N–H and O–H groups in total. The van der Waals surface area contributed by atoms with E-state index in [0.29, 0.717) is 23.7 Å². The molecule has 5 rings (SSSR count). The maximum atomic E-state index is 12.6. The van der Waals surface area contributed by atoms with Crippen LogP contribution in [0.5, 0.6) is 5.75 Å². The highest BCUT2D eigenvalue weighted by atomic mass is 32.1. The van der Waals surface area contributed by atoms with Crippen LogP contribution in [0.4, 0.5) is 5.69 Å². The molecule has 6 heteroatoms. The van der Waals surface area contributed by atoms with E-state index in [1.807, 2.05) is 46.6 Å². The van der Waals surface area contributed by atoms with Gasteiger partial charge in [0.25, 0.3) is 5.91 Å². The van der Waals surface area contributed by atoms with Crippen molar-refractivity contribution in [1.29, 1.82) is 0 Å². The zero-order chi connectivity index (χ0) is 21.0. The van der Waals surface area contributed by atoms with Crippen LogP contribution in [0.2, 0.25) is 0 Å². The van der Waals surface area contributed by atoms with Crippen molar-refractivity contribution in [2.24, 2.45) is 0 Å². The summed E-state index contributed by atoms with van der Waals surface area (Å²) in [5.74, 6) is 0.761. The average molecular weight is 430 g/mol. The monoisotopic (exact) mass is 429 g/mol. The topological polar surface area (TPSA) is 56.2 Å². The number of hydrogen-bond donors (Lipinski definition) is 1. The van der Waals surface area contributed by atoms with E-state index in [9.17, 15) is 4.79 Å². The van der Waals surface area contributed by atoms with Gasteiger partial charge in [-0.2, -0.15) is 5.10 Å². The summed E-state index contributed by atoms with van der Waals surface area (Å²) in [5, 5.41) is 9.24. The lowest BCUT2D eigenvalue weighted by atomic mass is 10.1. The zero-order valence-corrected chi connectivity index (χ0v) is 17.9. The number of aromatic nitrogens is 2. The van der Waals surface area contributed by atoms with Crippen LogP contribution in [0.3, 0.4) is 0 Å². The summed E-state index contributed by atoms with van der Waals surface area (Å²) in [5.41, 5.74) is 5.68. The molecule has 1 aliphatic rings. The van der Waals surface area contributed by atoms with E-state index in [1.54, 1.807) is 6.20 Å². The van der Waals surface area contributed by atoms with E-state index in [0.717, 1.165) is 23.3 Å². The Kier molecular flexibility index (Phi) is 5.54. The van der Waals surface area contributed by atoms with Gasteiger partial charge in [0.2, 0.25) is 0 Å². The highest BCUT2D eigenvalue weighted by molar-refractivity contribution is 7.12. The number of carbonyl (C=O) groups is 1. The Balaban J connectivity index is 1.17. The molecule has 0 saturated carbocycles. The Morgan fingerprint density at radius 3 is 2.84 bits per heavy atom. The molecule has 2 heterocycles. The molecule has 0 bridgehead atoms. The first-order valence-electron chi connectivity index (χ1n) is 10.4. The number of aryl methyl sites for hydroxylation is 2. The van der Waals surface area contributed by atoms with Crippen LogP contribution in [0.15, 0.2) is 72.4 Å². The molecule has 4 aromatic rings. The number of benzene rings is 2. The quantitative estimate of drug-likeness (QED) is 0.433. The number of amides is 1. The molecule has 0 atom stereocenters. The molecule has 1 amide bonds. The smallest absolute Gasteiger partial charge is 0.265 e. The fourth-order valence-electron chi connectivity index (χ4n) is 3.85. The largest absolute Gasteiger partial charge is 0.489 e. The fraction of sp³-hybridized carbons (Fsp3) is 0.200. The van der Waals surface area contributed by atoms with Gasteiger partial charge < -0.3 is 10.1 Å². The van der Waals surface area contributed by atoms with E-state index < -0.39 is 0 Å². The summed E-state index contributed by atoms with van der Waals surface area (Å²) in [6, 6.07) is 18.4. The Morgan fingerprint density at radius 2 is 1.94 bits per heavy atom. The molecule has 5 nitrogen and oxygen atoms in total. The van der Waals surface area contributed by atoms with Gasteiger partial charge in [-0.1, -0.05) is 36.4 Å². The molecule has 0 aliphatic heterocycles. The molecular weight excluding hydrogens is 406 g/mol. The highest BCUT2D eigenvalue weighted by Gasteiger charge is 2.13. The second-order valence-electron chi connectivity index (χ2n) is 7.76. The first kappa shape index (κ1) is 19.6. The summed E-state index contributed by atoms with van der Waals surface area (Å²) in [7, 11) is 0. The van der Waals surface area contributed by atoms with Gasteiger partial charge in [0.05, 0.1) is 23.3 Å². The van der Waals surface area contributed by atoms with Gasteiger partial charge in [0, 0.05) is 11.8 Å². The van der Waals surface area contributed by atoms with Gasteiger partial charge in [0.1, 0.15) is 12.4 Å². The van der Waals surface area contributed by atoms with E-state index in [1.165, 1.54) is 35.3 Å². The maximum Gasteiger partial charge on any atom is 0.265 e. The van der Waals surface area contributed by atoms with Gasteiger partial charge in [-0.25, -0.2) is 0 Å². The minimum absolute atomic E-state index is 0.131. The van der Waals surface area contributed by atoms with Gasteiger partial charge in [0.15, 0.2) is 0 Å². The number of anilines is 1. The number of rotatable bonds is 7. The molecule has 0 unspecified atom stereocenters. The van der Waals surface area contributed by atoms with Crippen LogP contribution >= 0.6 is 11.3 Å². The minimum Gasteiger partial charge on any atom is -0.489 e.